The fourth-order valence-corrected chi connectivity index (χ4v) is 3.39. The zero-order chi connectivity index (χ0) is 16.6. The molecule has 0 aliphatic heterocycles. The third-order valence-electron chi connectivity index (χ3n) is 3.09. The number of rotatable bonds is 2. The molecule has 0 bridgehead atoms. The molecule has 0 spiro atoms. The maximum atomic E-state index is 13.1. The first-order chi connectivity index (χ1) is 11.0. The molecule has 0 saturated heterocycles. The molecule has 1 aromatic heterocycles. The van der Waals surface area contributed by atoms with Crippen molar-refractivity contribution in [3.63, 3.8) is 0 Å². The predicted molar refractivity (Wildman–Crippen MR) is 90.6 cm³/mol. The van der Waals surface area contributed by atoms with Crippen LogP contribution in [0.5, 0.6) is 5.88 Å². The van der Waals surface area contributed by atoms with Crippen LogP contribution >= 0.6 is 31.9 Å². The first-order valence-corrected chi connectivity index (χ1v) is 7.95. The van der Waals surface area contributed by atoms with E-state index in [9.17, 15) is 14.3 Å². The lowest BCUT2D eigenvalue weighted by atomic mass is 10.2. The molecular weight excluding hydrogens is 433 g/mol. The highest BCUT2D eigenvalue weighted by atomic mass is 79.9. The van der Waals surface area contributed by atoms with Crippen LogP contribution in [0.4, 0.5) is 10.1 Å². The van der Waals surface area contributed by atoms with Crippen molar-refractivity contribution in [2.24, 2.45) is 10.2 Å². The Labute approximate surface area is 146 Å². The van der Waals surface area contributed by atoms with Crippen LogP contribution in [0.2, 0.25) is 0 Å². The SMILES string of the molecule is O=C(N=Nc1c(O)[nH]c2c(Br)cc(Br)cc12)c1cccc(F)c1. The van der Waals surface area contributed by atoms with Gasteiger partial charge in [0, 0.05) is 19.9 Å². The highest BCUT2D eigenvalue weighted by Gasteiger charge is 2.14. The minimum absolute atomic E-state index is 0.0791. The third-order valence-corrected chi connectivity index (χ3v) is 4.17. The van der Waals surface area contributed by atoms with Gasteiger partial charge in [-0.3, -0.25) is 4.79 Å². The maximum absolute atomic E-state index is 13.1. The number of aromatic nitrogens is 1. The number of azo groups is 1. The number of halogens is 3. The molecule has 0 fully saturated rings. The van der Waals surface area contributed by atoms with Crippen LogP contribution in [0.15, 0.2) is 55.6 Å². The Balaban J connectivity index is 2.01. The topological polar surface area (TPSA) is 77.8 Å². The number of aromatic hydroxyl groups is 1. The number of H-pyrrole nitrogens is 1. The Bertz CT molecular complexity index is 953. The van der Waals surface area contributed by atoms with E-state index in [0.717, 1.165) is 15.0 Å². The van der Waals surface area contributed by atoms with Gasteiger partial charge in [-0.25, -0.2) is 4.39 Å². The number of benzene rings is 2. The first kappa shape index (κ1) is 15.8. The predicted octanol–water partition coefficient (Wildman–Crippen LogP) is 5.46. The van der Waals surface area contributed by atoms with Gasteiger partial charge in [0.2, 0.25) is 5.88 Å². The first-order valence-electron chi connectivity index (χ1n) is 6.37. The van der Waals surface area contributed by atoms with Crippen molar-refractivity contribution >= 4 is 54.4 Å². The normalized spacial score (nSPS) is 11.4. The molecule has 3 aromatic rings. The Morgan fingerprint density at radius 1 is 1.22 bits per heavy atom. The summed E-state index contributed by atoms with van der Waals surface area (Å²) in [5.74, 6) is -1.45. The van der Waals surface area contributed by atoms with E-state index in [4.69, 9.17) is 0 Å². The number of hydrogen-bond donors (Lipinski definition) is 2. The number of aromatic amines is 1. The summed E-state index contributed by atoms with van der Waals surface area (Å²) >= 11 is 6.71. The van der Waals surface area contributed by atoms with Gasteiger partial charge in [-0.05, 0) is 46.3 Å². The van der Waals surface area contributed by atoms with E-state index in [0.29, 0.717) is 10.9 Å². The van der Waals surface area contributed by atoms with Crippen molar-refractivity contribution < 1.29 is 14.3 Å². The third kappa shape index (κ3) is 3.18. The molecule has 0 saturated carbocycles. The molecule has 5 nitrogen and oxygen atoms in total. The minimum atomic E-state index is -0.702. The second kappa shape index (κ2) is 6.21. The molecule has 23 heavy (non-hydrogen) atoms. The molecule has 1 amide bonds. The summed E-state index contributed by atoms with van der Waals surface area (Å²) in [4.78, 5) is 14.7. The summed E-state index contributed by atoms with van der Waals surface area (Å²) in [5.41, 5.74) is 0.833. The van der Waals surface area contributed by atoms with Gasteiger partial charge in [0.1, 0.15) is 5.82 Å². The Hall–Kier alpha value is -2.06. The van der Waals surface area contributed by atoms with Gasteiger partial charge < -0.3 is 10.1 Å². The molecule has 0 atom stereocenters. The molecule has 0 aliphatic rings. The molecule has 2 N–H and O–H groups in total. The fraction of sp³-hybridized carbons (Fsp3) is 0. The molecule has 0 aliphatic carbocycles. The van der Waals surface area contributed by atoms with E-state index in [1.165, 1.54) is 18.2 Å². The minimum Gasteiger partial charge on any atom is -0.493 e. The van der Waals surface area contributed by atoms with E-state index in [1.807, 2.05) is 0 Å². The molecule has 0 unspecified atom stereocenters. The van der Waals surface area contributed by atoms with Crippen LogP contribution in [-0.4, -0.2) is 16.0 Å². The molecule has 116 valence electrons. The molecule has 2 aromatic carbocycles. The molecule has 8 heteroatoms. The van der Waals surface area contributed by atoms with E-state index in [1.54, 1.807) is 12.1 Å². The highest BCUT2D eigenvalue weighted by molar-refractivity contribution is 9.11. The molecule has 1 heterocycles. The van der Waals surface area contributed by atoms with Gasteiger partial charge in [0.05, 0.1) is 5.52 Å². The van der Waals surface area contributed by atoms with Crippen LogP contribution in [0.25, 0.3) is 10.9 Å². The molecule has 0 radical (unpaired) electrons. The van der Waals surface area contributed by atoms with Crippen LogP contribution in [-0.2, 0) is 0 Å². The quantitative estimate of drug-likeness (QED) is 0.519. The van der Waals surface area contributed by atoms with Crippen LogP contribution in [0.3, 0.4) is 0 Å². The fourth-order valence-electron chi connectivity index (χ4n) is 2.07. The van der Waals surface area contributed by atoms with Gasteiger partial charge in [0.25, 0.3) is 5.91 Å². The summed E-state index contributed by atoms with van der Waals surface area (Å²) in [5, 5.41) is 17.9. The Morgan fingerprint density at radius 2 is 2.00 bits per heavy atom. The number of carbonyl (C=O) groups is 1. The second-order valence-corrected chi connectivity index (χ2v) is 6.42. The van der Waals surface area contributed by atoms with Gasteiger partial charge in [0.15, 0.2) is 5.69 Å². The van der Waals surface area contributed by atoms with Crippen molar-refractivity contribution in [2.75, 3.05) is 0 Å². The largest absolute Gasteiger partial charge is 0.493 e. The van der Waals surface area contributed by atoms with Gasteiger partial charge >= 0.3 is 0 Å². The van der Waals surface area contributed by atoms with E-state index in [-0.39, 0.29) is 17.1 Å². The smallest absolute Gasteiger partial charge is 0.295 e. The number of nitrogens with zero attached hydrogens (tertiary/aromatic N) is 2. The van der Waals surface area contributed by atoms with Gasteiger partial charge in [-0.1, -0.05) is 22.0 Å². The van der Waals surface area contributed by atoms with Crippen molar-refractivity contribution in [2.45, 2.75) is 0 Å². The Morgan fingerprint density at radius 3 is 2.74 bits per heavy atom. The summed E-state index contributed by atoms with van der Waals surface area (Å²) in [6.45, 7) is 0. The lowest BCUT2D eigenvalue weighted by molar-refractivity contribution is 0.0994. The second-order valence-electron chi connectivity index (χ2n) is 4.65. The van der Waals surface area contributed by atoms with Gasteiger partial charge in [-0.15, -0.1) is 10.2 Å². The van der Waals surface area contributed by atoms with E-state index < -0.39 is 11.7 Å². The lowest BCUT2D eigenvalue weighted by Gasteiger charge is -1.97. The van der Waals surface area contributed by atoms with Crippen LogP contribution < -0.4 is 0 Å². The van der Waals surface area contributed by atoms with Gasteiger partial charge in [-0.2, -0.15) is 0 Å². The van der Waals surface area contributed by atoms with E-state index >= 15 is 0 Å². The zero-order valence-corrected chi connectivity index (χ0v) is 14.5. The average Bonchev–Trinajstić information content (AvgIpc) is 2.81. The van der Waals surface area contributed by atoms with E-state index in [2.05, 4.69) is 47.1 Å². The standard InChI is InChI=1S/C15H8Br2FN3O2/c16-8-5-10-12(11(17)6-8)19-15(23)13(10)20-21-14(22)7-2-1-3-9(18)4-7/h1-6,19,23H. The highest BCUT2D eigenvalue weighted by Crippen LogP contribution is 2.40. The maximum Gasteiger partial charge on any atom is 0.295 e. The number of fused-ring (bicyclic) bond motifs is 1. The van der Waals surface area contributed by atoms with Crippen molar-refractivity contribution in [1.82, 2.24) is 4.98 Å². The Kier molecular flexibility index (Phi) is 4.27. The monoisotopic (exact) mass is 439 g/mol. The van der Waals surface area contributed by atoms with Crippen LogP contribution in [0, 0.1) is 5.82 Å². The van der Waals surface area contributed by atoms with Crippen molar-refractivity contribution in [3.8, 4) is 5.88 Å². The summed E-state index contributed by atoms with van der Waals surface area (Å²) < 4.78 is 14.6. The number of amides is 1. The average molecular weight is 441 g/mol. The summed E-state index contributed by atoms with van der Waals surface area (Å²) in [6.07, 6.45) is 0. The zero-order valence-electron chi connectivity index (χ0n) is 11.3. The molecule has 3 rings (SSSR count). The van der Waals surface area contributed by atoms with Crippen molar-refractivity contribution in [1.29, 1.82) is 0 Å². The number of hydrogen-bond acceptors (Lipinski definition) is 3. The van der Waals surface area contributed by atoms with Crippen LogP contribution in [0.1, 0.15) is 10.4 Å². The number of carbonyl (C=O) groups excluding carboxylic acids is 1. The number of nitrogens with one attached hydrogen (secondary N) is 1. The lowest BCUT2D eigenvalue weighted by Crippen LogP contribution is -1.93. The molecular formula is C15H8Br2FN3O2. The van der Waals surface area contributed by atoms with Crippen molar-refractivity contribution in [3.05, 3.63) is 56.7 Å². The summed E-state index contributed by atoms with van der Waals surface area (Å²) in [6, 6.07) is 8.69. The summed E-state index contributed by atoms with van der Waals surface area (Å²) in [7, 11) is 0.